The molecule has 1 aromatic rings. The summed E-state index contributed by atoms with van der Waals surface area (Å²) < 4.78 is 7.13. The van der Waals surface area contributed by atoms with Crippen LogP contribution in [0, 0.1) is 0 Å². The van der Waals surface area contributed by atoms with Crippen molar-refractivity contribution in [3.05, 3.63) is 32.6 Å². The minimum absolute atomic E-state index is 0.0904. The van der Waals surface area contributed by atoms with Gasteiger partial charge < -0.3 is 25.4 Å². The van der Waals surface area contributed by atoms with Crippen LogP contribution in [0.1, 0.15) is 16.9 Å². The van der Waals surface area contributed by atoms with Gasteiger partial charge in [0.1, 0.15) is 17.9 Å². The molecule has 25 heavy (non-hydrogen) atoms. The van der Waals surface area contributed by atoms with Crippen LogP contribution >= 0.6 is 0 Å². The first-order valence-electron chi connectivity index (χ1n) is 7.34. The molecule has 3 atom stereocenters. The van der Waals surface area contributed by atoms with Crippen molar-refractivity contribution in [3.8, 4) is 0 Å². The maximum absolute atomic E-state index is 12.3. The number of nitrogens with one attached hydrogen (secondary N) is 1. The van der Waals surface area contributed by atoms with Gasteiger partial charge in [-0.3, -0.25) is 23.5 Å². The molecule has 2 heterocycles. The molecule has 4 N–H and O–H groups in total. The second-order valence-corrected chi connectivity index (χ2v) is 5.32. The Bertz CT molecular complexity index is 726. The summed E-state index contributed by atoms with van der Waals surface area (Å²) in [4.78, 5) is 44.1. The quantitative estimate of drug-likeness (QED) is 0.416. The minimum Gasteiger partial charge on any atom is -0.483 e. The van der Waals surface area contributed by atoms with Gasteiger partial charge in [0.25, 0.3) is 17.9 Å². The molecule has 140 valence electrons. The maximum Gasteiger partial charge on any atom is 0.331 e. The molecule has 2 rings (SSSR count). The van der Waals surface area contributed by atoms with Gasteiger partial charge in [0.2, 0.25) is 0 Å². The van der Waals surface area contributed by atoms with E-state index in [4.69, 9.17) is 19.7 Å². The van der Waals surface area contributed by atoms with E-state index >= 15 is 0 Å². The van der Waals surface area contributed by atoms with Crippen molar-refractivity contribution in [1.29, 1.82) is 0 Å². The van der Waals surface area contributed by atoms with Gasteiger partial charge >= 0.3 is 5.69 Å². The summed E-state index contributed by atoms with van der Waals surface area (Å²) in [6, 6.07) is 0.434. The number of rotatable bonds is 3. The molecule has 0 aromatic carbocycles. The Labute approximate surface area is 142 Å². The first-order valence-corrected chi connectivity index (χ1v) is 7.34. The average Bonchev–Trinajstić information content (AvgIpc) is 2.58. The summed E-state index contributed by atoms with van der Waals surface area (Å²) in [5, 5.41) is 28.6. The highest BCUT2D eigenvalue weighted by Crippen LogP contribution is 2.15. The van der Waals surface area contributed by atoms with Gasteiger partial charge in [0.05, 0.1) is 12.6 Å². The number of amides is 1. The van der Waals surface area contributed by atoms with Crippen LogP contribution in [0.25, 0.3) is 0 Å². The highest BCUT2D eigenvalue weighted by molar-refractivity contribution is 5.92. The van der Waals surface area contributed by atoms with Crippen molar-refractivity contribution in [1.82, 2.24) is 14.5 Å². The van der Waals surface area contributed by atoms with Gasteiger partial charge in [-0.05, 0) is 6.42 Å². The lowest BCUT2D eigenvalue weighted by atomic mass is 10.00. The van der Waals surface area contributed by atoms with Crippen molar-refractivity contribution in [2.24, 2.45) is 14.1 Å². The van der Waals surface area contributed by atoms with E-state index in [1.807, 2.05) is 0 Å². The first kappa shape index (κ1) is 20.5. The number of carbonyl (C=O) groups excluding carboxylic acids is 1. The molecule has 1 fully saturated rings. The van der Waals surface area contributed by atoms with Crippen molar-refractivity contribution in [2.75, 3.05) is 13.2 Å². The lowest BCUT2D eigenvalue weighted by Crippen LogP contribution is -2.55. The van der Waals surface area contributed by atoms with E-state index in [-0.39, 0.29) is 25.4 Å². The van der Waals surface area contributed by atoms with E-state index in [1.54, 1.807) is 0 Å². The molecular formula is C14H21N3O8. The van der Waals surface area contributed by atoms with Crippen LogP contribution < -0.4 is 16.6 Å². The van der Waals surface area contributed by atoms with E-state index in [0.717, 1.165) is 15.2 Å². The number of carboxylic acid groups (broad SMARTS) is 1. The molecule has 11 nitrogen and oxygen atoms in total. The Balaban J connectivity index is 0.000000970. The van der Waals surface area contributed by atoms with Crippen LogP contribution in [0.15, 0.2) is 15.7 Å². The van der Waals surface area contributed by atoms with Gasteiger partial charge in [0.15, 0.2) is 0 Å². The zero-order valence-electron chi connectivity index (χ0n) is 13.8. The number of hydrogen-bond acceptors (Lipinski definition) is 7. The molecule has 1 amide bonds. The van der Waals surface area contributed by atoms with Gasteiger partial charge in [-0.15, -0.1) is 0 Å². The van der Waals surface area contributed by atoms with Crippen LogP contribution in [0.2, 0.25) is 0 Å². The molecule has 0 spiro atoms. The van der Waals surface area contributed by atoms with Crippen LogP contribution in [-0.4, -0.2) is 68.3 Å². The molecule has 1 aliphatic heterocycles. The van der Waals surface area contributed by atoms with E-state index in [2.05, 4.69) is 5.32 Å². The monoisotopic (exact) mass is 359 g/mol. The standard InChI is InChI=1S/C13H19N3O6.CH2O2/c1-15-8(5-10(18)16(2)13(15)21)12(20)14-7-3-4-22-9(6-17)11(7)19;2-1-3/h5,7,9,11,17,19H,3-4,6H2,1-2H3,(H,14,20);1H,(H,2,3)/t7-,9+,11-;/m0./s1. The molecule has 0 aliphatic carbocycles. The number of aromatic nitrogens is 2. The van der Waals surface area contributed by atoms with Gasteiger partial charge in [-0.25, -0.2) is 4.79 Å². The minimum atomic E-state index is -1.06. The van der Waals surface area contributed by atoms with Crippen LogP contribution in [0.5, 0.6) is 0 Å². The predicted octanol–water partition coefficient (Wildman–Crippen LogP) is -2.97. The number of ether oxygens (including phenoxy) is 1. The second-order valence-electron chi connectivity index (χ2n) is 5.32. The molecule has 1 saturated heterocycles. The maximum atomic E-state index is 12.3. The highest BCUT2D eigenvalue weighted by atomic mass is 16.5. The third-order valence-corrected chi connectivity index (χ3v) is 3.81. The molecule has 1 aliphatic rings. The third-order valence-electron chi connectivity index (χ3n) is 3.81. The molecule has 0 radical (unpaired) electrons. The summed E-state index contributed by atoms with van der Waals surface area (Å²) >= 11 is 0. The molecular weight excluding hydrogens is 338 g/mol. The Morgan fingerprint density at radius 3 is 2.56 bits per heavy atom. The second kappa shape index (κ2) is 9.11. The van der Waals surface area contributed by atoms with Crippen molar-refractivity contribution in [2.45, 2.75) is 24.7 Å². The smallest absolute Gasteiger partial charge is 0.331 e. The van der Waals surface area contributed by atoms with E-state index in [1.165, 1.54) is 14.1 Å². The van der Waals surface area contributed by atoms with Gasteiger partial charge in [0, 0.05) is 26.8 Å². The lowest BCUT2D eigenvalue weighted by molar-refractivity contribution is -0.122. The van der Waals surface area contributed by atoms with Crippen LogP contribution in [-0.2, 0) is 23.6 Å². The fraction of sp³-hybridized carbons (Fsp3) is 0.571. The summed E-state index contributed by atoms with van der Waals surface area (Å²) in [5.41, 5.74) is -1.29. The summed E-state index contributed by atoms with van der Waals surface area (Å²) in [6.45, 7) is -0.333. The van der Waals surface area contributed by atoms with Crippen molar-refractivity contribution < 1.29 is 29.6 Å². The fourth-order valence-corrected chi connectivity index (χ4v) is 2.39. The van der Waals surface area contributed by atoms with Gasteiger partial charge in [-0.1, -0.05) is 0 Å². The van der Waals surface area contributed by atoms with Crippen LogP contribution in [0.3, 0.4) is 0 Å². The molecule has 0 saturated carbocycles. The fourth-order valence-electron chi connectivity index (χ4n) is 2.39. The number of nitrogens with zero attached hydrogens (tertiary/aromatic N) is 2. The normalized spacial score (nSPS) is 22.5. The van der Waals surface area contributed by atoms with Gasteiger partial charge in [-0.2, -0.15) is 0 Å². The SMILES string of the molecule is Cn1c(C(=O)N[C@H]2CCO[C@H](CO)[C@H]2O)cc(=O)n(C)c1=O.O=CO. The Morgan fingerprint density at radius 2 is 2.00 bits per heavy atom. The number of aliphatic hydroxyl groups is 2. The first-order chi connectivity index (χ1) is 11.8. The molecule has 1 aromatic heterocycles. The number of hydrogen-bond donors (Lipinski definition) is 4. The summed E-state index contributed by atoms with van der Waals surface area (Å²) in [6.07, 6.45) is -1.47. The summed E-state index contributed by atoms with van der Waals surface area (Å²) in [7, 11) is 2.70. The van der Waals surface area contributed by atoms with Crippen LogP contribution in [0.4, 0.5) is 0 Å². The Hall–Kier alpha value is -2.50. The zero-order valence-corrected chi connectivity index (χ0v) is 13.8. The zero-order chi connectivity index (χ0) is 19.1. The molecule has 0 unspecified atom stereocenters. The average molecular weight is 359 g/mol. The van der Waals surface area contributed by atoms with E-state index in [0.29, 0.717) is 6.42 Å². The molecule has 11 heteroatoms. The lowest BCUT2D eigenvalue weighted by Gasteiger charge is -2.34. The van der Waals surface area contributed by atoms with Crippen molar-refractivity contribution >= 4 is 12.4 Å². The number of aliphatic hydroxyl groups excluding tert-OH is 2. The van der Waals surface area contributed by atoms with Crippen molar-refractivity contribution in [3.63, 3.8) is 0 Å². The predicted molar refractivity (Wildman–Crippen MR) is 84.3 cm³/mol. The number of carbonyl (C=O) groups is 2. The topological polar surface area (TPSA) is 160 Å². The largest absolute Gasteiger partial charge is 0.483 e. The van der Waals surface area contributed by atoms with E-state index < -0.39 is 35.4 Å². The highest BCUT2D eigenvalue weighted by Gasteiger charge is 2.33. The summed E-state index contributed by atoms with van der Waals surface area (Å²) in [5.74, 6) is -0.639. The van der Waals surface area contributed by atoms with E-state index in [9.17, 15) is 19.5 Å². The third kappa shape index (κ3) is 4.75. The molecule has 0 bridgehead atoms. The Kier molecular flexibility index (Phi) is 7.48. The Morgan fingerprint density at radius 1 is 1.40 bits per heavy atom.